The van der Waals surface area contributed by atoms with Crippen LogP contribution in [0.2, 0.25) is 0 Å². The van der Waals surface area contributed by atoms with Crippen molar-refractivity contribution in [3.63, 3.8) is 0 Å². The number of carboxylic acids is 1. The molecule has 6 heteroatoms. The summed E-state index contributed by atoms with van der Waals surface area (Å²) in [6, 6.07) is -0.129. The summed E-state index contributed by atoms with van der Waals surface area (Å²) >= 11 is 3.36. The Morgan fingerprint density at radius 2 is 2.31 bits per heavy atom. The summed E-state index contributed by atoms with van der Waals surface area (Å²) in [4.78, 5) is 23.6. The van der Waals surface area contributed by atoms with Crippen molar-refractivity contribution in [1.29, 1.82) is 0 Å². The van der Waals surface area contributed by atoms with Gasteiger partial charge in [0.05, 0.1) is 6.54 Å². The number of urea groups is 1. The summed E-state index contributed by atoms with van der Waals surface area (Å²) in [7, 11) is 0. The molecule has 2 amide bonds. The first-order chi connectivity index (χ1) is 7.59. The molecule has 0 atom stereocenters. The fraction of sp³-hybridized carbons (Fsp3) is 0.600. The van der Waals surface area contributed by atoms with Crippen LogP contribution >= 0.6 is 15.9 Å². The number of rotatable bonds is 4. The number of carbonyl (C=O) groups excluding carboxylic acids is 1. The average Bonchev–Trinajstić information content (AvgIpc) is 2.24. The molecule has 0 saturated carbocycles. The highest BCUT2D eigenvalue weighted by molar-refractivity contribution is 9.11. The fourth-order valence-electron chi connectivity index (χ4n) is 1.42. The second-order valence-electron chi connectivity index (χ2n) is 3.59. The second kappa shape index (κ2) is 6.52. The van der Waals surface area contributed by atoms with Crippen LogP contribution in [0.4, 0.5) is 4.79 Å². The van der Waals surface area contributed by atoms with Crippen molar-refractivity contribution in [1.82, 2.24) is 10.2 Å². The maximum Gasteiger partial charge on any atom is 0.317 e. The van der Waals surface area contributed by atoms with Gasteiger partial charge in [-0.3, -0.25) is 4.79 Å². The number of carboxylic acid groups (broad SMARTS) is 1. The summed E-state index contributed by atoms with van der Waals surface area (Å²) < 4.78 is 1.01. The average molecular weight is 291 g/mol. The lowest BCUT2D eigenvalue weighted by molar-refractivity contribution is -0.137. The third-order valence-electron chi connectivity index (χ3n) is 2.24. The highest BCUT2D eigenvalue weighted by atomic mass is 79.9. The van der Waals surface area contributed by atoms with Gasteiger partial charge < -0.3 is 15.3 Å². The van der Waals surface area contributed by atoms with Gasteiger partial charge in [-0.15, -0.1) is 0 Å². The Morgan fingerprint density at radius 1 is 1.56 bits per heavy atom. The van der Waals surface area contributed by atoms with E-state index in [4.69, 9.17) is 5.11 Å². The van der Waals surface area contributed by atoms with Gasteiger partial charge in [0.25, 0.3) is 0 Å². The molecule has 1 heterocycles. The van der Waals surface area contributed by atoms with E-state index in [9.17, 15) is 9.59 Å². The number of halogens is 1. The molecule has 1 aliphatic heterocycles. The lowest BCUT2D eigenvalue weighted by Crippen LogP contribution is -2.42. The fourth-order valence-corrected chi connectivity index (χ4v) is 1.95. The lowest BCUT2D eigenvalue weighted by atomic mass is 10.2. The highest BCUT2D eigenvalue weighted by Gasteiger charge is 2.16. The Morgan fingerprint density at radius 3 is 2.94 bits per heavy atom. The van der Waals surface area contributed by atoms with Crippen molar-refractivity contribution in [3.8, 4) is 0 Å². The molecule has 0 radical (unpaired) electrons. The van der Waals surface area contributed by atoms with E-state index in [1.54, 1.807) is 4.90 Å². The molecule has 0 aromatic carbocycles. The summed E-state index contributed by atoms with van der Waals surface area (Å²) in [5, 5.41) is 11.1. The number of hydrogen-bond donors (Lipinski definition) is 2. The van der Waals surface area contributed by atoms with Gasteiger partial charge in [0, 0.05) is 24.0 Å². The number of hydrogen-bond acceptors (Lipinski definition) is 2. The predicted molar refractivity (Wildman–Crippen MR) is 63.5 cm³/mol. The molecule has 0 fully saturated rings. The molecule has 0 bridgehead atoms. The molecule has 1 aliphatic rings. The van der Waals surface area contributed by atoms with Crippen LogP contribution in [-0.2, 0) is 4.79 Å². The van der Waals surface area contributed by atoms with Gasteiger partial charge >= 0.3 is 12.0 Å². The number of nitrogens with zero attached hydrogens (tertiary/aromatic N) is 1. The molecule has 0 saturated heterocycles. The molecule has 2 N–H and O–H groups in total. The van der Waals surface area contributed by atoms with Gasteiger partial charge in [-0.2, -0.15) is 0 Å². The zero-order chi connectivity index (χ0) is 12.0. The first-order valence-corrected chi connectivity index (χ1v) is 5.98. The Bertz CT molecular complexity index is 304. The summed E-state index contributed by atoms with van der Waals surface area (Å²) in [6.07, 6.45) is 3.45. The van der Waals surface area contributed by atoms with Crippen molar-refractivity contribution in [3.05, 3.63) is 10.6 Å². The topological polar surface area (TPSA) is 69.6 Å². The minimum atomic E-state index is -0.835. The van der Waals surface area contributed by atoms with Crippen LogP contribution in [-0.4, -0.2) is 41.6 Å². The van der Waals surface area contributed by atoms with Gasteiger partial charge in [-0.25, -0.2) is 4.79 Å². The van der Waals surface area contributed by atoms with Crippen molar-refractivity contribution >= 4 is 27.9 Å². The maximum atomic E-state index is 11.6. The second-order valence-corrected chi connectivity index (χ2v) is 4.61. The molecular formula is C10H15BrN2O3. The quantitative estimate of drug-likeness (QED) is 0.772. The SMILES string of the molecule is O=C(O)CCCNC(=O)N1CCC=C(Br)C1. The molecule has 1 rings (SSSR count). The first-order valence-electron chi connectivity index (χ1n) is 5.18. The number of amides is 2. The molecule has 90 valence electrons. The first kappa shape index (κ1) is 13.0. The van der Waals surface area contributed by atoms with Crippen molar-refractivity contribution in [2.75, 3.05) is 19.6 Å². The summed E-state index contributed by atoms with van der Waals surface area (Å²) in [5.74, 6) is -0.835. The van der Waals surface area contributed by atoms with Crippen molar-refractivity contribution in [2.24, 2.45) is 0 Å². The van der Waals surface area contributed by atoms with Crippen molar-refractivity contribution in [2.45, 2.75) is 19.3 Å². The van der Waals surface area contributed by atoms with E-state index in [-0.39, 0.29) is 12.5 Å². The van der Waals surface area contributed by atoms with Crippen LogP contribution in [0.5, 0.6) is 0 Å². The van der Waals surface area contributed by atoms with Crippen LogP contribution in [0.3, 0.4) is 0 Å². The van der Waals surface area contributed by atoms with Crippen LogP contribution in [0.25, 0.3) is 0 Å². The Labute approximate surface area is 103 Å². The normalized spacial score (nSPS) is 15.6. The molecule has 0 unspecified atom stereocenters. The van der Waals surface area contributed by atoms with Gasteiger partial charge in [0.1, 0.15) is 0 Å². The zero-order valence-electron chi connectivity index (χ0n) is 8.91. The van der Waals surface area contributed by atoms with E-state index in [2.05, 4.69) is 21.2 Å². The Hall–Kier alpha value is -1.04. The van der Waals surface area contributed by atoms with Crippen LogP contribution < -0.4 is 5.32 Å². The number of nitrogens with one attached hydrogen (secondary N) is 1. The van der Waals surface area contributed by atoms with Crippen LogP contribution in [0.15, 0.2) is 10.6 Å². The van der Waals surface area contributed by atoms with Crippen molar-refractivity contribution < 1.29 is 14.7 Å². The molecule has 16 heavy (non-hydrogen) atoms. The van der Waals surface area contributed by atoms with E-state index in [0.717, 1.165) is 10.9 Å². The van der Waals surface area contributed by atoms with E-state index in [0.29, 0.717) is 26.1 Å². The third-order valence-corrected chi connectivity index (χ3v) is 2.81. The van der Waals surface area contributed by atoms with E-state index in [1.165, 1.54) is 0 Å². The Kier molecular flexibility index (Phi) is 5.31. The van der Waals surface area contributed by atoms with Crippen LogP contribution in [0.1, 0.15) is 19.3 Å². The van der Waals surface area contributed by atoms with Crippen LogP contribution in [0, 0.1) is 0 Å². The highest BCUT2D eigenvalue weighted by Crippen LogP contribution is 2.14. The van der Waals surface area contributed by atoms with E-state index < -0.39 is 5.97 Å². The minimum Gasteiger partial charge on any atom is -0.481 e. The standard InChI is InChI=1S/C10H15BrN2O3/c11-8-3-2-6-13(7-8)10(16)12-5-1-4-9(14)15/h3H,1-2,4-7H2,(H,12,16)(H,14,15). The largest absolute Gasteiger partial charge is 0.481 e. The molecule has 0 spiro atoms. The zero-order valence-corrected chi connectivity index (χ0v) is 10.5. The smallest absolute Gasteiger partial charge is 0.317 e. The van der Waals surface area contributed by atoms with Gasteiger partial charge in [0.15, 0.2) is 0 Å². The molecule has 0 aliphatic carbocycles. The number of carbonyl (C=O) groups is 2. The monoisotopic (exact) mass is 290 g/mol. The minimum absolute atomic E-state index is 0.0872. The van der Waals surface area contributed by atoms with E-state index in [1.807, 2.05) is 6.08 Å². The molecule has 0 aromatic rings. The van der Waals surface area contributed by atoms with Gasteiger partial charge in [-0.05, 0) is 12.8 Å². The molecule has 5 nitrogen and oxygen atoms in total. The van der Waals surface area contributed by atoms with E-state index >= 15 is 0 Å². The summed E-state index contributed by atoms with van der Waals surface area (Å²) in [5.41, 5.74) is 0. The molecular weight excluding hydrogens is 276 g/mol. The maximum absolute atomic E-state index is 11.6. The molecule has 0 aromatic heterocycles. The van der Waals surface area contributed by atoms with Gasteiger partial charge in [0.2, 0.25) is 0 Å². The van der Waals surface area contributed by atoms with Gasteiger partial charge in [-0.1, -0.05) is 22.0 Å². The summed E-state index contributed by atoms with van der Waals surface area (Å²) in [6.45, 7) is 1.70. The predicted octanol–water partition coefficient (Wildman–Crippen LogP) is 1.55. The Balaban J connectivity index is 2.20. The lowest BCUT2D eigenvalue weighted by Gasteiger charge is -2.25. The third kappa shape index (κ3) is 4.65. The number of aliphatic carboxylic acids is 1.